The number of aliphatic hydroxyl groups excluding tert-OH is 1. The van der Waals surface area contributed by atoms with Gasteiger partial charge in [-0.25, -0.2) is 9.37 Å². The van der Waals surface area contributed by atoms with Crippen LogP contribution in [0.4, 0.5) is 9.52 Å². The summed E-state index contributed by atoms with van der Waals surface area (Å²) in [6, 6.07) is 14.3. The number of methoxy groups -OCH3 is 1. The molecule has 1 aliphatic heterocycles. The van der Waals surface area contributed by atoms with E-state index in [1.807, 2.05) is 29.7 Å². The van der Waals surface area contributed by atoms with Crippen LogP contribution in [0.25, 0.3) is 11.4 Å². The number of ketones is 1. The number of ether oxygens (including phenoxy) is 2. The van der Waals surface area contributed by atoms with E-state index < -0.39 is 23.5 Å². The lowest BCUT2D eigenvalue weighted by Gasteiger charge is -2.23. The van der Waals surface area contributed by atoms with E-state index in [0.717, 1.165) is 23.3 Å². The van der Waals surface area contributed by atoms with Crippen LogP contribution in [0.1, 0.15) is 54.4 Å². The third kappa shape index (κ3) is 6.27. The summed E-state index contributed by atoms with van der Waals surface area (Å²) in [7, 11) is 1.51. The van der Waals surface area contributed by atoms with E-state index in [1.165, 1.54) is 29.8 Å². The number of fused-ring (bicyclic) bond motifs is 1. The Morgan fingerprint density at radius 1 is 1.08 bits per heavy atom. The van der Waals surface area contributed by atoms with Gasteiger partial charge >= 0.3 is 5.91 Å². The standard InChI is InChI=1S/C35H34FN5O5S2/c1-19(2)14-16-46-25-13-12-22(17-26(25)45-5)29-27(30(42)28-21(4)40-15-8-9-20(3)32(40)37-28)31(43)33(44)41(29)34-38-39-35(48-34)47-18-23-10-6-7-11-24(23)36/h6-13,15,17,19,29,42H,14,16,18H2,1-5H3. The molecule has 1 fully saturated rings. The van der Waals surface area contributed by atoms with Gasteiger partial charge in [0.05, 0.1) is 31.0 Å². The normalized spacial score (nSPS) is 16.0. The molecule has 0 radical (unpaired) electrons. The number of thioether (sulfide) groups is 1. The zero-order valence-corrected chi connectivity index (χ0v) is 28.7. The van der Waals surface area contributed by atoms with Gasteiger partial charge in [0.1, 0.15) is 17.2 Å². The Balaban J connectivity index is 1.44. The molecule has 0 spiro atoms. The van der Waals surface area contributed by atoms with Crippen LogP contribution in [0.2, 0.25) is 0 Å². The number of aryl methyl sites for hydroxylation is 2. The molecular weight excluding hydrogens is 654 g/mol. The van der Waals surface area contributed by atoms with E-state index in [4.69, 9.17) is 9.47 Å². The molecule has 1 unspecified atom stereocenters. The monoisotopic (exact) mass is 687 g/mol. The molecule has 48 heavy (non-hydrogen) atoms. The molecule has 0 aliphatic carbocycles. The quantitative estimate of drug-likeness (QED) is 0.0502. The number of nitrogens with zero attached hydrogens (tertiary/aromatic N) is 5. The predicted octanol–water partition coefficient (Wildman–Crippen LogP) is 7.29. The van der Waals surface area contributed by atoms with Gasteiger partial charge in [-0.2, -0.15) is 0 Å². The molecule has 5 aromatic rings. The molecular formula is C35H34FN5O5S2. The van der Waals surface area contributed by atoms with Crippen LogP contribution in [-0.4, -0.2) is 50.1 Å². The van der Waals surface area contributed by atoms with Crippen molar-refractivity contribution in [2.45, 2.75) is 50.3 Å². The SMILES string of the molecule is COc1cc(C2C(=C(O)c3nc4c(C)cccn4c3C)C(=O)C(=O)N2c2nnc(SCc3ccccc3F)s2)ccc1OCCC(C)C. The van der Waals surface area contributed by atoms with E-state index >= 15 is 0 Å². The number of Topliss-reactive ketones (excluding diaryl/α,β-unsaturated/α-hetero) is 1. The highest BCUT2D eigenvalue weighted by atomic mass is 32.2. The van der Waals surface area contributed by atoms with Crippen LogP contribution in [0.3, 0.4) is 0 Å². The zero-order chi connectivity index (χ0) is 34.1. The van der Waals surface area contributed by atoms with Crippen molar-refractivity contribution in [1.82, 2.24) is 19.6 Å². The average Bonchev–Trinajstić information content (AvgIpc) is 3.75. The summed E-state index contributed by atoms with van der Waals surface area (Å²) in [5.41, 5.74) is 3.13. The second kappa shape index (κ2) is 13.8. The van der Waals surface area contributed by atoms with Gasteiger partial charge in [0.2, 0.25) is 5.13 Å². The molecule has 0 bridgehead atoms. The smallest absolute Gasteiger partial charge is 0.301 e. The Hall–Kier alpha value is -4.75. The summed E-state index contributed by atoms with van der Waals surface area (Å²) in [5.74, 6) is -0.850. The fourth-order valence-electron chi connectivity index (χ4n) is 5.51. The Morgan fingerprint density at radius 2 is 1.88 bits per heavy atom. The largest absolute Gasteiger partial charge is 0.505 e. The number of carbonyl (C=O) groups excluding carboxylic acids is 2. The number of amides is 1. The molecule has 248 valence electrons. The summed E-state index contributed by atoms with van der Waals surface area (Å²) in [6.07, 6.45) is 2.67. The van der Waals surface area contributed by atoms with Gasteiger partial charge in [-0.15, -0.1) is 10.2 Å². The number of hydrogen-bond donors (Lipinski definition) is 1. The fraction of sp³-hybridized carbons (Fsp3) is 0.286. The number of imidazole rings is 1. The predicted molar refractivity (Wildman–Crippen MR) is 183 cm³/mol. The lowest BCUT2D eigenvalue weighted by Crippen LogP contribution is -2.29. The van der Waals surface area contributed by atoms with Crippen LogP contribution in [0.15, 0.2) is 70.7 Å². The number of pyridine rings is 1. The second-order valence-electron chi connectivity index (χ2n) is 11.8. The minimum absolute atomic E-state index is 0.143. The average molecular weight is 688 g/mol. The minimum atomic E-state index is -1.09. The third-order valence-corrected chi connectivity index (χ3v) is 10.2. The molecule has 3 aromatic heterocycles. The van der Waals surface area contributed by atoms with Gasteiger partial charge in [-0.3, -0.25) is 14.5 Å². The maximum atomic E-state index is 14.3. The van der Waals surface area contributed by atoms with E-state index in [0.29, 0.717) is 56.6 Å². The molecule has 13 heteroatoms. The van der Waals surface area contributed by atoms with E-state index in [1.54, 1.807) is 43.3 Å². The van der Waals surface area contributed by atoms with Gasteiger partial charge in [0.15, 0.2) is 21.6 Å². The van der Waals surface area contributed by atoms with Gasteiger partial charge in [-0.1, -0.05) is 67.3 Å². The van der Waals surface area contributed by atoms with Crippen molar-refractivity contribution in [2.24, 2.45) is 5.92 Å². The molecule has 1 aliphatic rings. The van der Waals surface area contributed by atoms with Gasteiger partial charge in [-0.05, 0) is 67.1 Å². The van der Waals surface area contributed by atoms with Crippen molar-refractivity contribution in [1.29, 1.82) is 0 Å². The van der Waals surface area contributed by atoms with Crippen LogP contribution < -0.4 is 14.4 Å². The first kappa shape index (κ1) is 33.2. The summed E-state index contributed by atoms with van der Waals surface area (Å²) < 4.78 is 28.2. The topological polar surface area (TPSA) is 119 Å². The summed E-state index contributed by atoms with van der Waals surface area (Å²) >= 11 is 2.36. The number of anilines is 1. The van der Waals surface area contributed by atoms with Crippen LogP contribution in [-0.2, 0) is 15.3 Å². The first-order valence-corrected chi connectivity index (χ1v) is 17.1. The number of halogens is 1. The number of carbonyl (C=O) groups is 2. The van der Waals surface area contributed by atoms with Crippen molar-refractivity contribution in [3.63, 3.8) is 0 Å². The van der Waals surface area contributed by atoms with Crippen LogP contribution in [0, 0.1) is 25.6 Å². The molecule has 4 heterocycles. The lowest BCUT2D eigenvalue weighted by molar-refractivity contribution is -0.132. The Morgan fingerprint density at radius 3 is 2.60 bits per heavy atom. The summed E-state index contributed by atoms with van der Waals surface area (Å²) in [4.78, 5) is 33.6. The molecule has 10 nitrogen and oxygen atoms in total. The maximum Gasteiger partial charge on any atom is 0.301 e. The molecule has 6 rings (SSSR count). The Bertz CT molecular complexity index is 2060. The number of aliphatic hydroxyl groups is 1. The van der Waals surface area contributed by atoms with Crippen molar-refractivity contribution in [3.05, 3.63) is 100 Å². The van der Waals surface area contributed by atoms with Crippen LogP contribution in [0.5, 0.6) is 11.5 Å². The van der Waals surface area contributed by atoms with E-state index in [9.17, 15) is 19.1 Å². The number of aromatic nitrogens is 4. The first-order chi connectivity index (χ1) is 23.1. The van der Waals surface area contributed by atoms with E-state index in [-0.39, 0.29) is 22.2 Å². The molecule has 2 aromatic carbocycles. The molecule has 0 saturated carbocycles. The van der Waals surface area contributed by atoms with E-state index in [2.05, 4.69) is 29.0 Å². The Labute approximate surface area is 285 Å². The minimum Gasteiger partial charge on any atom is -0.505 e. The number of benzene rings is 2. The van der Waals surface area contributed by atoms with Gasteiger partial charge < -0.3 is 19.0 Å². The second-order valence-corrected chi connectivity index (χ2v) is 14.0. The lowest BCUT2D eigenvalue weighted by atomic mass is 9.96. The number of rotatable bonds is 11. The zero-order valence-electron chi connectivity index (χ0n) is 27.1. The third-order valence-electron chi connectivity index (χ3n) is 8.12. The highest BCUT2D eigenvalue weighted by Crippen LogP contribution is 2.46. The van der Waals surface area contributed by atoms with Crippen molar-refractivity contribution in [2.75, 3.05) is 18.6 Å². The molecule has 1 saturated heterocycles. The van der Waals surface area contributed by atoms with Crippen LogP contribution >= 0.6 is 23.1 Å². The first-order valence-electron chi connectivity index (χ1n) is 15.3. The highest BCUT2D eigenvalue weighted by Gasteiger charge is 2.49. The van der Waals surface area contributed by atoms with Crippen molar-refractivity contribution in [3.8, 4) is 11.5 Å². The number of hydrogen-bond acceptors (Lipinski definition) is 10. The van der Waals surface area contributed by atoms with Crippen molar-refractivity contribution >= 4 is 51.3 Å². The molecule has 1 amide bonds. The van der Waals surface area contributed by atoms with Gasteiger partial charge in [0, 0.05) is 11.9 Å². The maximum absolute atomic E-state index is 14.3. The summed E-state index contributed by atoms with van der Waals surface area (Å²) in [5, 5.41) is 20.5. The Kier molecular flexibility index (Phi) is 9.51. The molecule has 1 atom stereocenters. The highest BCUT2D eigenvalue weighted by molar-refractivity contribution is 8.00. The van der Waals surface area contributed by atoms with Gasteiger partial charge in [0.25, 0.3) is 5.78 Å². The molecule has 1 N–H and O–H groups in total. The van der Waals surface area contributed by atoms with Crippen molar-refractivity contribution < 1.29 is 28.6 Å². The summed E-state index contributed by atoms with van der Waals surface area (Å²) in [6.45, 7) is 8.39. The fourth-order valence-corrected chi connectivity index (χ4v) is 7.36.